The summed E-state index contributed by atoms with van der Waals surface area (Å²) in [6.45, 7) is 1.80. The molecule has 1 heterocycles. The first-order valence-electron chi connectivity index (χ1n) is 6.11. The molecule has 5 heteroatoms. The monoisotopic (exact) mass is 269 g/mol. The largest absolute Gasteiger partial charge is 0.496 e. The van der Waals surface area contributed by atoms with E-state index in [0.29, 0.717) is 17.2 Å². The average molecular weight is 269 g/mol. The van der Waals surface area contributed by atoms with Crippen molar-refractivity contribution in [1.82, 2.24) is 10.4 Å². The lowest BCUT2D eigenvalue weighted by Gasteiger charge is -2.07. The second-order valence-electron chi connectivity index (χ2n) is 4.05. The molecule has 1 aromatic carbocycles. The fraction of sp³-hybridized carbons (Fsp3) is 0.133. The minimum atomic E-state index is -0.347. The molecule has 0 aliphatic heterocycles. The number of aromatic nitrogens is 1. The normalized spacial score (nSPS) is 11.0. The van der Waals surface area contributed by atoms with Gasteiger partial charge in [-0.1, -0.05) is 18.2 Å². The Kier molecular flexibility index (Phi) is 4.44. The number of para-hydroxylation sites is 1. The topological polar surface area (TPSA) is 63.6 Å². The molecule has 102 valence electrons. The predicted molar refractivity (Wildman–Crippen MR) is 76.9 cm³/mol. The second kappa shape index (κ2) is 6.47. The maximum Gasteiger partial charge on any atom is 0.289 e. The molecule has 0 atom stereocenters. The lowest BCUT2D eigenvalue weighted by Crippen LogP contribution is -2.20. The van der Waals surface area contributed by atoms with Crippen LogP contribution < -0.4 is 10.2 Å². The van der Waals surface area contributed by atoms with Gasteiger partial charge in [-0.3, -0.25) is 9.78 Å². The fourth-order valence-corrected chi connectivity index (χ4v) is 1.69. The molecular formula is C15H15N3O2. The molecule has 1 aromatic heterocycles. The first-order chi connectivity index (χ1) is 9.72. The molecule has 0 aliphatic carbocycles. The highest BCUT2D eigenvalue weighted by Crippen LogP contribution is 2.17. The lowest BCUT2D eigenvalue weighted by molar-refractivity contribution is 0.0950. The van der Waals surface area contributed by atoms with Gasteiger partial charge in [-0.15, -0.1) is 0 Å². The van der Waals surface area contributed by atoms with Crippen molar-refractivity contribution in [3.63, 3.8) is 0 Å². The predicted octanol–water partition coefficient (Wildman–Crippen LogP) is 2.24. The Morgan fingerprint density at radius 3 is 2.65 bits per heavy atom. The van der Waals surface area contributed by atoms with Crippen molar-refractivity contribution < 1.29 is 9.53 Å². The molecular weight excluding hydrogens is 254 g/mol. The molecule has 0 bridgehead atoms. The Labute approximate surface area is 117 Å². The van der Waals surface area contributed by atoms with Gasteiger partial charge in [0.05, 0.1) is 12.8 Å². The Morgan fingerprint density at radius 2 is 1.95 bits per heavy atom. The lowest BCUT2D eigenvalue weighted by atomic mass is 10.1. The zero-order valence-corrected chi connectivity index (χ0v) is 11.3. The molecule has 0 spiro atoms. The third-order valence-corrected chi connectivity index (χ3v) is 2.72. The van der Waals surface area contributed by atoms with Gasteiger partial charge in [0.2, 0.25) is 0 Å². The number of nitrogens with zero attached hydrogens (tertiary/aromatic N) is 2. The number of carbonyl (C=O) groups excluding carboxylic acids is 1. The van der Waals surface area contributed by atoms with Gasteiger partial charge in [-0.05, 0) is 31.2 Å². The molecule has 0 fully saturated rings. The van der Waals surface area contributed by atoms with E-state index >= 15 is 0 Å². The number of benzene rings is 1. The summed E-state index contributed by atoms with van der Waals surface area (Å²) in [5.74, 6) is 0.362. The Bertz CT molecular complexity index is 624. The highest BCUT2D eigenvalue weighted by atomic mass is 16.5. The van der Waals surface area contributed by atoms with Crippen molar-refractivity contribution in [2.75, 3.05) is 7.11 Å². The number of carbonyl (C=O) groups is 1. The first kappa shape index (κ1) is 13.7. The number of hydrazone groups is 1. The Balaban J connectivity index is 2.13. The van der Waals surface area contributed by atoms with Crippen LogP contribution in [-0.4, -0.2) is 23.7 Å². The number of pyridine rings is 1. The summed E-state index contributed by atoms with van der Waals surface area (Å²) in [6, 6.07) is 12.6. The summed E-state index contributed by atoms with van der Waals surface area (Å²) < 4.78 is 5.25. The van der Waals surface area contributed by atoms with E-state index in [1.807, 2.05) is 24.3 Å². The molecule has 2 rings (SSSR count). The molecule has 1 N–H and O–H groups in total. The highest BCUT2D eigenvalue weighted by Gasteiger charge is 2.07. The summed E-state index contributed by atoms with van der Waals surface area (Å²) in [6.07, 6.45) is 1.56. The summed E-state index contributed by atoms with van der Waals surface area (Å²) in [4.78, 5) is 15.8. The molecule has 0 saturated heterocycles. The van der Waals surface area contributed by atoms with Crippen molar-refractivity contribution in [3.05, 3.63) is 59.9 Å². The van der Waals surface area contributed by atoms with Crippen molar-refractivity contribution in [1.29, 1.82) is 0 Å². The smallest absolute Gasteiger partial charge is 0.289 e. The van der Waals surface area contributed by atoms with Crippen LogP contribution >= 0.6 is 0 Å². The van der Waals surface area contributed by atoms with E-state index < -0.39 is 0 Å². The standard InChI is InChI=1S/C15H15N3O2/c1-11(12-7-3-4-9-14(12)20-2)17-18-15(19)13-8-5-6-10-16-13/h3-10H,1-2H3,(H,18,19)/b17-11-. The van der Waals surface area contributed by atoms with Gasteiger partial charge in [-0.2, -0.15) is 5.10 Å². The van der Waals surface area contributed by atoms with E-state index in [-0.39, 0.29) is 5.91 Å². The van der Waals surface area contributed by atoms with Crippen LogP contribution in [0.25, 0.3) is 0 Å². The van der Waals surface area contributed by atoms with Crippen molar-refractivity contribution in [3.8, 4) is 5.75 Å². The van der Waals surface area contributed by atoms with Crippen LogP contribution in [0, 0.1) is 0 Å². The van der Waals surface area contributed by atoms with E-state index in [2.05, 4.69) is 15.5 Å². The number of amides is 1. The van der Waals surface area contributed by atoms with Gasteiger partial charge in [0, 0.05) is 11.8 Å². The second-order valence-corrected chi connectivity index (χ2v) is 4.05. The summed E-state index contributed by atoms with van der Waals surface area (Å²) in [7, 11) is 1.60. The van der Waals surface area contributed by atoms with Gasteiger partial charge >= 0.3 is 0 Å². The van der Waals surface area contributed by atoms with Crippen LogP contribution in [0.3, 0.4) is 0 Å². The van der Waals surface area contributed by atoms with E-state index in [9.17, 15) is 4.79 Å². The van der Waals surface area contributed by atoms with Crippen molar-refractivity contribution in [2.45, 2.75) is 6.92 Å². The zero-order chi connectivity index (χ0) is 14.4. The molecule has 5 nitrogen and oxygen atoms in total. The zero-order valence-electron chi connectivity index (χ0n) is 11.3. The van der Waals surface area contributed by atoms with Gasteiger partial charge in [0.15, 0.2) is 0 Å². The number of nitrogens with one attached hydrogen (secondary N) is 1. The molecule has 0 unspecified atom stereocenters. The third-order valence-electron chi connectivity index (χ3n) is 2.72. The SMILES string of the molecule is COc1ccccc1/C(C)=N\NC(=O)c1ccccn1. The molecule has 0 saturated carbocycles. The van der Waals surface area contributed by atoms with Crippen LogP contribution in [-0.2, 0) is 0 Å². The van der Waals surface area contributed by atoms with Gasteiger partial charge < -0.3 is 4.74 Å². The van der Waals surface area contributed by atoms with Crippen molar-refractivity contribution >= 4 is 11.6 Å². The summed E-state index contributed by atoms with van der Waals surface area (Å²) in [5, 5.41) is 4.08. The van der Waals surface area contributed by atoms with Crippen LogP contribution in [0.5, 0.6) is 5.75 Å². The van der Waals surface area contributed by atoms with Crippen LogP contribution in [0.1, 0.15) is 23.0 Å². The molecule has 1 amide bonds. The number of methoxy groups -OCH3 is 1. The molecule has 0 aliphatic rings. The Hall–Kier alpha value is -2.69. The highest BCUT2D eigenvalue weighted by molar-refractivity contribution is 6.02. The quantitative estimate of drug-likeness (QED) is 0.684. The Morgan fingerprint density at radius 1 is 1.20 bits per heavy atom. The molecule has 20 heavy (non-hydrogen) atoms. The maximum absolute atomic E-state index is 11.8. The van der Waals surface area contributed by atoms with Crippen LogP contribution in [0.15, 0.2) is 53.8 Å². The molecule has 2 aromatic rings. The number of hydrogen-bond donors (Lipinski definition) is 1. The fourth-order valence-electron chi connectivity index (χ4n) is 1.69. The van der Waals surface area contributed by atoms with E-state index in [1.54, 1.807) is 38.4 Å². The van der Waals surface area contributed by atoms with Gasteiger partial charge in [-0.25, -0.2) is 5.43 Å². The maximum atomic E-state index is 11.8. The summed E-state index contributed by atoms with van der Waals surface area (Å²) >= 11 is 0. The molecule has 0 radical (unpaired) electrons. The van der Waals surface area contributed by atoms with Gasteiger partial charge in [0.25, 0.3) is 5.91 Å². The average Bonchev–Trinajstić information content (AvgIpc) is 2.53. The number of rotatable bonds is 4. The van der Waals surface area contributed by atoms with Gasteiger partial charge in [0.1, 0.15) is 11.4 Å². The number of hydrogen-bond acceptors (Lipinski definition) is 4. The minimum Gasteiger partial charge on any atom is -0.496 e. The minimum absolute atomic E-state index is 0.323. The van der Waals surface area contributed by atoms with Crippen molar-refractivity contribution in [2.24, 2.45) is 5.10 Å². The van der Waals surface area contributed by atoms with E-state index in [1.165, 1.54) is 0 Å². The summed E-state index contributed by atoms with van der Waals surface area (Å²) in [5.41, 5.74) is 4.29. The van der Waals surface area contributed by atoms with Crippen LogP contribution in [0.2, 0.25) is 0 Å². The first-order valence-corrected chi connectivity index (χ1v) is 6.11. The third kappa shape index (κ3) is 3.20. The van der Waals surface area contributed by atoms with E-state index in [0.717, 1.165) is 5.56 Å². The van der Waals surface area contributed by atoms with E-state index in [4.69, 9.17) is 4.74 Å². The number of ether oxygens (including phenoxy) is 1. The van der Waals surface area contributed by atoms with Crippen LogP contribution in [0.4, 0.5) is 0 Å².